The van der Waals surface area contributed by atoms with E-state index in [0.29, 0.717) is 33.3 Å². The minimum absolute atomic E-state index is 0.0498. The number of rotatable bonds is 3. The lowest BCUT2D eigenvalue weighted by Crippen LogP contribution is -2.32. The van der Waals surface area contributed by atoms with E-state index in [2.05, 4.69) is 28.9 Å². The van der Waals surface area contributed by atoms with Gasteiger partial charge in [0.15, 0.2) is 0 Å². The Balaban J connectivity index is 2.04. The third kappa shape index (κ3) is 3.65. The molecule has 0 N–H and O–H groups in total. The van der Waals surface area contributed by atoms with E-state index in [9.17, 15) is 4.79 Å². The van der Waals surface area contributed by atoms with Crippen molar-refractivity contribution in [2.75, 3.05) is 25.7 Å². The number of carbonyl (C=O) groups is 1. The van der Waals surface area contributed by atoms with Crippen molar-refractivity contribution in [3.05, 3.63) is 46.4 Å². The fourth-order valence-corrected chi connectivity index (χ4v) is 4.51. The summed E-state index contributed by atoms with van der Waals surface area (Å²) < 4.78 is 11.5. The Kier molecular flexibility index (Phi) is 5.59. The zero-order chi connectivity index (χ0) is 18.0. The molecule has 0 radical (unpaired) electrons. The molecule has 0 aromatic heterocycles. The molecule has 0 aliphatic carbocycles. The second-order valence-electron chi connectivity index (χ2n) is 5.84. The van der Waals surface area contributed by atoms with Crippen molar-refractivity contribution in [1.82, 2.24) is 0 Å². The number of benzene rings is 2. The minimum Gasteiger partial charge on any atom is -0.495 e. The van der Waals surface area contributed by atoms with Gasteiger partial charge in [-0.05, 0) is 46.6 Å². The molecule has 2 aromatic rings. The maximum absolute atomic E-state index is 13.3. The number of ether oxygens (including phenoxy) is 2. The van der Waals surface area contributed by atoms with Crippen LogP contribution < -0.4 is 14.4 Å². The van der Waals surface area contributed by atoms with E-state index < -0.39 is 0 Å². The Bertz CT molecular complexity index is 771. The predicted octanol–water partition coefficient (Wildman–Crippen LogP) is 5.00. The lowest BCUT2D eigenvalue weighted by atomic mass is 10.1. The van der Waals surface area contributed by atoms with Gasteiger partial charge in [0.05, 0.1) is 19.9 Å². The lowest BCUT2D eigenvalue weighted by molar-refractivity contribution is 0.0985. The topological polar surface area (TPSA) is 38.8 Å². The number of fused-ring (bicyclic) bond motifs is 1. The van der Waals surface area contributed by atoms with Gasteiger partial charge in [0.1, 0.15) is 16.0 Å². The third-order valence-electron chi connectivity index (χ3n) is 4.18. The maximum Gasteiger partial charge on any atom is 0.258 e. The fraction of sp³-hybridized carbons (Fsp3) is 0.316. The largest absolute Gasteiger partial charge is 0.495 e. The number of halogens is 1. The highest BCUT2D eigenvalue weighted by Crippen LogP contribution is 2.40. The molecule has 2 aromatic carbocycles. The zero-order valence-corrected chi connectivity index (χ0v) is 16.8. The quantitative estimate of drug-likeness (QED) is 0.698. The summed E-state index contributed by atoms with van der Waals surface area (Å²) in [5.74, 6) is 1.10. The maximum atomic E-state index is 13.3. The van der Waals surface area contributed by atoms with E-state index in [4.69, 9.17) is 9.47 Å². The molecule has 6 heteroatoms. The summed E-state index contributed by atoms with van der Waals surface area (Å²) >= 11 is 5.26. The van der Waals surface area contributed by atoms with Crippen LogP contribution in [-0.2, 0) is 0 Å². The van der Waals surface area contributed by atoms with Crippen molar-refractivity contribution in [1.29, 1.82) is 0 Å². The first-order valence-electron chi connectivity index (χ1n) is 8.04. The smallest absolute Gasteiger partial charge is 0.258 e. The molecule has 3 rings (SSSR count). The Morgan fingerprint density at radius 3 is 2.48 bits per heavy atom. The third-order valence-corrected chi connectivity index (χ3v) is 6.20. The molecule has 0 saturated carbocycles. The van der Waals surface area contributed by atoms with Gasteiger partial charge in [-0.1, -0.05) is 19.1 Å². The average Bonchev–Trinajstić information content (AvgIpc) is 2.79. The molecule has 1 aliphatic rings. The first-order chi connectivity index (χ1) is 12.0. The summed E-state index contributed by atoms with van der Waals surface area (Å²) in [6.45, 7) is 2.88. The number of hydrogen-bond acceptors (Lipinski definition) is 4. The minimum atomic E-state index is -0.0498. The molecule has 4 nitrogen and oxygen atoms in total. The van der Waals surface area contributed by atoms with Crippen molar-refractivity contribution in [3.63, 3.8) is 0 Å². The highest BCUT2D eigenvalue weighted by molar-refractivity contribution is 9.10. The molecule has 0 saturated heterocycles. The van der Waals surface area contributed by atoms with Crippen LogP contribution in [0, 0.1) is 0 Å². The number of nitrogens with zero attached hydrogens (tertiary/aromatic N) is 1. The van der Waals surface area contributed by atoms with Crippen LogP contribution in [0.5, 0.6) is 11.5 Å². The highest BCUT2D eigenvalue weighted by Gasteiger charge is 2.26. The first-order valence-corrected chi connectivity index (χ1v) is 9.71. The summed E-state index contributed by atoms with van der Waals surface area (Å²) in [4.78, 5) is 16.3. The molecular weight excluding hydrogens is 402 g/mol. The number of carbonyl (C=O) groups excluding carboxylic acids is 1. The number of methoxy groups -OCH3 is 2. The average molecular weight is 422 g/mol. The summed E-state index contributed by atoms with van der Waals surface area (Å²) in [5, 5.41) is 0.466. The van der Waals surface area contributed by atoms with Gasteiger partial charge < -0.3 is 14.4 Å². The summed E-state index contributed by atoms with van der Waals surface area (Å²) in [6.07, 6.45) is 0.940. The summed E-state index contributed by atoms with van der Waals surface area (Å²) in [6, 6.07) is 11.6. The second-order valence-corrected chi connectivity index (χ2v) is 8.11. The normalized spacial score (nSPS) is 16.8. The Morgan fingerprint density at radius 2 is 1.84 bits per heavy atom. The van der Waals surface area contributed by atoms with Gasteiger partial charge >= 0.3 is 0 Å². The predicted molar refractivity (Wildman–Crippen MR) is 105 cm³/mol. The molecular formula is C19H20BrNO3S. The standard InChI is InChI=1S/C19H20BrNO3S/c1-12-8-9-21(14-6-4-5-7-17(14)25-12)19(22)13-10-15(23-2)18(20)16(11-13)24-3/h4-7,10-12H,8-9H2,1-3H3/t12-/m0/s1. The van der Waals surface area contributed by atoms with Crippen molar-refractivity contribution >= 4 is 39.3 Å². The summed E-state index contributed by atoms with van der Waals surface area (Å²) in [7, 11) is 3.15. The van der Waals surface area contributed by atoms with E-state index >= 15 is 0 Å². The molecule has 0 bridgehead atoms. The van der Waals surface area contributed by atoms with Crippen molar-refractivity contribution in [3.8, 4) is 11.5 Å². The van der Waals surface area contributed by atoms with Gasteiger partial charge in [-0.2, -0.15) is 0 Å². The lowest BCUT2D eigenvalue weighted by Gasteiger charge is -2.23. The van der Waals surface area contributed by atoms with E-state index in [0.717, 1.165) is 17.0 Å². The SMILES string of the molecule is COc1cc(C(=O)N2CC[C@H](C)Sc3ccccc32)cc(OC)c1Br. The first kappa shape index (κ1) is 18.1. The monoisotopic (exact) mass is 421 g/mol. The second kappa shape index (κ2) is 7.70. The Morgan fingerprint density at radius 1 is 1.20 bits per heavy atom. The van der Waals surface area contributed by atoms with E-state index in [-0.39, 0.29) is 5.91 Å². The van der Waals surface area contributed by atoms with Gasteiger partial charge in [0, 0.05) is 22.3 Å². The Hall–Kier alpha value is -1.66. The molecule has 1 heterocycles. The number of amides is 1. The van der Waals surface area contributed by atoms with Crippen molar-refractivity contribution in [2.45, 2.75) is 23.5 Å². The van der Waals surface area contributed by atoms with Crippen LogP contribution in [0.3, 0.4) is 0 Å². The molecule has 25 heavy (non-hydrogen) atoms. The van der Waals surface area contributed by atoms with Crippen LogP contribution in [-0.4, -0.2) is 31.9 Å². The fourth-order valence-electron chi connectivity index (χ4n) is 2.85. The van der Waals surface area contributed by atoms with Gasteiger partial charge in [-0.15, -0.1) is 11.8 Å². The Labute approximate surface area is 160 Å². The molecule has 0 fully saturated rings. The number of hydrogen-bond donors (Lipinski definition) is 0. The van der Waals surface area contributed by atoms with E-state index in [1.807, 2.05) is 34.9 Å². The number of anilines is 1. The van der Waals surface area contributed by atoms with Gasteiger partial charge in [-0.3, -0.25) is 4.79 Å². The molecule has 1 amide bonds. The van der Waals surface area contributed by atoms with Crippen LogP contribution >= 0.6 is 27.7 Å². The molecule has 132 valence electrons. The van der Waals surface area contributed by atoms with Gasteiger partial charge in [0.2, 0.25) is 0 Å². The van der Waals surface area contributed by atoms with Crippen LogP contribution in [0.25, 0.3) is 0 Å². The highest BCUT2D eigenvalue weighted by atomic mass is 79.9. The molecule has 0 unspecified atom stereocenters. The van der Waals surface area contributed by atoms with Gasteiger partial charge in [-0.25, -0.2) is 0 Å². The van der Waals surface area contributed by atoms with Crippen molar-refractivity contribution < 1.29 is 14.3 Å². The molecule has 0 spiro atoms. The number of para-hydroxylation sites is 1. The molecule has 1 atom stereocenters. The van der Waals surface area contributed by atoms with E-state index in [1.165, 1.54) is 0 Å². The van der Waals surface area contributed by atoms with Crippen molar-refractivity contribution in [2.24, 2.45) is 0 Å². The van der Waals surface area contributed by atoms with Crippen LogP contribution in [0.15, 0.2) is 45.8 Å². The van der Waals surface area contributed by atoms with Crippen LogP contribution in [0.2, 0.25) is 0 Å². The molecule has 1 aliphatic heterocycles. The zero-order valence-electron chi connectivity index (χ0n) is 14.4. The van der Waals surface area contributed by atoms with Gasteiger partial charge in [0.25, 0.3) is 5.91 Å². The van der Waals surface area contributed by atoms with Crippen LogP contribution in [0.4, 0.5) is 5.69 Å². The number of thioether (sulfide) groups is 1. The van der Waals surface area contributed by atoms with E-state index in [1.54, 1.807) is 26.4 Å². The summed E-state index contributed by atoms with van der Waals surface area (Å²) in [5.41, 5.74) is 1.51. The van der Waals surface area contributed by atoms with Crippen LogP contribution in [0.1, 0.15) is 23.7 Å².